The van der Waals surface area contributed by atoms with Crippen molar-refractivity contribution in [1.29, 1.82) is 0 Å². The molecule has 1 saturated carbocycles. The summed E-state index contributed by atoms with van der Waals surface area (Å²) in [5, 5.41) is 3.00. The highest BCUT2D eigenvalue weighted by atomic mass is 79.9. The van der Waals surface area contributed by atoms with Gasteiger partial charge in [-0.05, 0) is 48.7 Å². The number of hydrogen-bond donors (Lipinski definition) is 1. The Morgan fingerprint density at radius 1 is 1.61 bits per heavy atom. The third kappa shape index (κ3) is 3.14. The van der Waals surface area contributed by atoms with E-state index in [1.54, 1.807) is 7.11 Å². The second-order valence-corrected chi connectivity index (χ2v) is 6.37. The van der Waals surface area contributed by atoms with Gasteiger partial charge in [-0.3, -0.25) is 4.79 Å². The molecule has 1 aromatic heterocycles. The van der Waals surface area contributed by atoms with Crippen LogP contribution in [0.5, 0.6) is 0 Å². The van der Waals surface area contributed by atoms with Crippen molar-refractivity contribution in [2.24, 2.45) is 0 Å². The highest BCUT2D eigenvalue weighted by Crippen LogP contribution is 2.37. The van der Waals surface area contributed by atoms with E-state index in [4.69, 9.17) is 4.74 Å². The number of methoxy groups -OCH3 is 1. The SMILES string of the molecule is COCC(C)(C)NC(=O)c1cc(Br)cn1C1CC1. The summed E-state index contributed by atoms with van der Waals surface area (Å²) in [5.41, 5.74) is 0.352. The van der Waals surface area contributed by atoms with Gasteiger partial charge in [-0.15, -0.1) is 0 Å². The molecule has 5 heteroatoms. The number of halogens is 1. The smallest absolute Gasteiger partial charge is 0.268 e. The number of amides is 1. The third-order valence-corrected chi connectivity index (χ3v) is 3.38. The van der Waals surface area contributed by atoms with Gasteiger partial charge in [0.15, 0.2) is 0 Å². The molecule has 0 atom stereocenters. The maximum Gasteiger partial charge on any atom is 0.268 e. The maximum absolute atomic E-state index is 12.3. The predicted molar refractivity (Wildman–Crippen MR) is 73.8 cm³/mol. The molecule has 1 heterocycles. The zero-order valence-electron chi connectivity index (χ0n) is 11.0. The Bertz CT molecular complexity index is 450. The number of nitrogens with zero attached hydrogens (tertiary/aromatic N) is 1. The van der Waals surface area contributed by atoms with Gasteiger partial charge < -0.3 is 14.6 Å². The molecule has 0 bridgehead atoms. The zero-order chi connectivity index (χ0) is 13.3. The summed E-state index contributed by atoms with van der Waals surface area (Å²) in [5.74, 6) is -0.0466. The quantitative estimate of drug-likeness (QED) is 0.908. The molecule has 100 valence electrons. The molecule has 1 fully saturated rings. The van der Waals surface area contributed by atoms with Crippen LogP contribution >= 0.6 is 15.9 Å². The molecule has 0 unspecified atom stereocenters. The third-order valence-electron chi connectivity index (χ3n) is 2.95. The first kappa shape index (κ1) is 13.6. The molecular formula is C13H19BrN2O2. The molecule has 0 spiro atoms. The Hall–Kier alpha value is -0.810. The van der Waals surface area contributed by atoms with Crippen LogP contribution < -0.4 is 5.32 Å². The van der Waals surface area contributed by atoms with Crippen molar-refractivity contribution in [3.63, 3.8) is 0 Å². The Morgan fingerprint density at radius 2 is 2.28 bits per heavy atom. The highest BCUT2D eigenvalue weighted by Gasteiger charge is 2.29. The molecule has 0 saturated heterocycles. The van der Waals surface area contributed by atoms with Crippen LogP contribution in [0, 0.1) is 0 Å². The van der Waals surface area contributed by atoms with E-state index < -0.39 is 0 Å². The average Bonchev–Trinajstić information content (AvgIpc) is 3.01. The number of rotatable bonds is 5. The number of hydrogen-bond acceptors (Lipinski definition) is 2. The first-order chi connectivity index (χ1) is 8.43. The Morgan fingerprint density at radius 3 is 2.83 bits per heavy atom. The van der Waals surface area contributed by atoms with Crippen LogP contribution in [0.1, 0.15) is 43.2 Å². The topological polar surface area (TPSA) is 43.3 Å². The molecule has 1 N–H and O–H groups in total. The fourth-order valence-electron chi connectivity index (χ4n) is 2.05. The Kier molecular flexibility index (Phi) is 3.82. The van der Waals surface area contributed by atoms with E-state index in [0.717, 1.165) is 17.3 Å². The van der Waals surface area contributed by atoms with Gasteiger partial charge in [0.2, 0.25) is 0 Å². The monoisotopic (exact) mass is 314 g/mol. The minimum atomic E-state index is -0.364. The van der Waals surface area contributed by atoms with Crippen LogP contribution in [0.4, 0.5) is 0 Å². The molecule has 1 aliphatic carbocycles. The lowest BCUT2D eigenvalue weighted by Crippen LogP contribution is -2.47. The lowest BCUT2D eigenvalue weighted by Gasteiger charge is -2.25. The minimum absolute atomic E-state index is 0.0466. The molecule has 1 aromatic rings. The Balaban J connectivity index is 2.13. The molecule has 1 aliphatic rings. The summed E-state index contributed by atoms with van der Waals surface area (Å²) < 4.78 is 8.11. The second kappa shape index (κ2) is 5.05. The summed E-state index contributed by atoms with van der Waals surface area (Å²) >= 11 is 3.43. The molecular weight excluding hydrogens is 296 g/mol. The Labute approximate surface area is 116 Å². The molecule has 4 nitrogen and oxygen atoms in total. The van der Waals surface area contributed by atoms with Crippen LogP contribution in [0.2, 0.25) is 0 Å². The number of nitrogens with one attached hydrogen (secondary N) is 1. The van der Waals surface area contributed by atoms with Gasteiger partial charge in [-0.2, -0.15) is 0 Å². The number of carbonyl (C=O) groups is 1. The maximum atomic E-state index is 12.3. The van der Waals surface area contributed by atoms with Crippen molar-refractivity contribution in [3.05, 3.63) is 22.4 Å². The van der Waals surface area contributed by atoms with Crippen LogP contribution in [-0.2, 0) is 4.74 Å². The van der Waals surface area contributed by atoms with Crippen molar-refractivity contribution >= 4 is 21.8 Å². The summed E-state index contributed by atoms with van der Waals surface area (Å²) in [6.07, 6.45) is 4.29. The second-order valence-electron chi connectivity index (χ2n) is 5.45. The van der Waals surface area contributed by atoms with E-state index >= 15 is 0 Å². The van der Waals surface area contributed by atoms with Crippen LogP contribution in [-0.4, -0.2) is 29.7 Å². The van der Waals surface area contributed by atoms with Gasteiger partial charge in [0, 0.05) is 23.8 Å². The van der Waals surface area contributed by atoms with E-state index in [1.165, 1.54) is 0 Å². The van der Waals surface area contributed by atoms with E-state index in [9.17, 15) is 4.79 Å². The number of ether oxygens (including phenoxy) is 1. The fourth-order valence-corrected chi connectivity index (χ4v) is 2.49. The van der Waals surface area contributed by atoms with E-state index in [1.807, 2.05) is 26.1 Å². The standard InChI is InChI=1S/C13H19BrN2O2/c1-13(2,8-18-3)15-12(17)11-6-9(14)7-16(11)10-4-5-10/h6-7,10H,4-5,8H2,1-3H3,(H,15,17). The van der Waals surface area contributed by atoms with Crippen LogP contribution in [0.15, 0.2) is 16.7 Å². The van der Waals surface area contributed by atoms with Crippen LogP contribution in [0.25, 0.3) is 0 Å². The van der Waals surface area contributed by atoms with Gasteiger partial charge in [-0.25, -0.2) is 0 Å². The summed E-state index contributed by atoms with van der Waals surface area (Å²) in [7, 11) is 1.64. The van der Waals surface area contributed by atoms with Crippen molar-refractivity contribution in [3.8, 4) is 0 Å². The summed E-state index contributed by atoms with van der Waals surface area (Å²) in [6.45, 7) is 4.39. The molecule has 0 radical (unpaired) electrons. The van der Waals surface area contributed by atoms with Crippen LogP contribution in [0.3, 0.4) is 0 Å². The van der Waals surface area contributed by atoms with Gasteiger partial charge in [0.25, 0.3) is 5.91 Å². The van der Waals surface area contributed by atoms with Gasteiger partial charge in [0.1, 0.15) is 5.69 Å². The highest BCUT2D eigenvalue weighted by molar-refractivity contribution is 9.10. The first-order valence-corrected chi connectivity index (χ1v) is 6.91. The van der Waals surface area contributed by atoms with Crippen molar-refractivity contribution in [1.82, 2.24) is 9.88 Å². The average molecular weight is 315 g/mol. The van der Waals surface area contributed by atoms with Crippen molar-refractivity contribution in [2.75, 3.05) is 13.7 Å². The van der Waals surface area contributed by atoms with E-state index in [-0.39, 0.29) is 11.4 Å². The molecule has 0 aromatic carbocycles. The zero-order valence-corrected chi connectivity index (χ0v) is 12.6. The summed E-state index contributed by atoms with van der Waals surface area (Å²) in [4.78, 5) is 12.3. The lowest BCUT2D eigenvalue weighted by molar-refractivity contribution is 0.0811. The molecule has 0 aliphatic heterocycles. The van der Waals surface area contributed by atoms with E-state index in [0.29, 0.717) is 18.3 Å². The largest absolute Gasteiger partial charge is 0.382 e. The summed E-state index contributed by atoms with van der Waals surface area (Å²) in [6, 6.07) is 2.36. The fraction of sp³-hybridized carbons (Fsp3) is 0.615. The molecule has 1 amide bonds. The van der Waals surface area contributed by atoms with E-state index in [2.05, 4.69) is 25.8 Å². The predicted octanol–water partition coefficient (Wildman–Crippen LogP) is 2.74. The van der Waals surface area contributed by atoms with Gasteiger partial charge in [-0.1, -0.05) is 0 Å². The number of carbonyl (C=O) groups excluding carboxylic acids is 1. The minimum Gasteiger partial charge on any atom is -0.382 e. The number of aromatic nitrogens is 1. The first-order valence-electron chi connectivity index (χ1n) is 6.12. The molecule has 18 heavy (non-hydrogen) atoms. The van der Waals surface area contributed by atoms with Crippen molar-refractivity contribution < 1.29 is 9.53 Å². The van der Waals surface area contributed by atoms with Gasteiger partial charge in [0.05, 0.1) is 12.1 Å². The van der Waals surface area contributed by atoms with Gasteiger partial charge >= 0.3 is 0 Å². The van der Waals surface area contributed by atoms with Crippen molar-refractivity contribution in [2.45, 2.75) is 38.3 Å². The lowest BCUT2D eigenvalue weighted by atomic mass is 10.1. The normalized spacial score (nSPS) is 15.8. The molecule has 2 rings (SSSR count).